The van der Waals surface area contributed by atoms with Gasteiger partial charge in [0, 0.05) is 6.42 Å². The van der Waals surface area contributed by atoms with Gasteiger partial charge in [-0.05, 0) is 32.1 Å². The first-order chi connectivity index (χ1) is 5.16. The molecule has 1 atom stereocenters. The maximum Gasteiger partial charge on any atom is 0.120 e. The van der Waals surface area contributed by atoms with E-state index in [1.807, 2.05) is 6.92 Å². The lowest BCUT2D eigenvalue weighted by atomic mass is 10.00. The molecule has 0 saturated carbocycles. The van der Waals surface area contributed by atoms with Crippen molar-refractivity contribution in [3.63, 3.8) is 0 Å². The SMILES string of the molecule is C=C(C)CCC[C@H](C)CC=O. The van der Waals surface area contributed by atoms with Gasteiger partial charge in [0.15, 0.2) is 0 Å². The molecule has 0 unspecified atom stereocenters. The van der Waals surface area contributed by atoms with Crippen LogP contribution in [0.3, 0.4) is 0 Å². The van der Waals surface area contributed by atoms with Crippen molar-refractivity contribution in [3.05, 3.63) is 12.2 Å². The largest absolute Gasteiger partial charge is 0.303 e. The summed E-state index contributed by atoms with van der Waals surface area (Å²) >= 11 is 0. The van der Waals surface area contributed by atoms with Crippen LogP contribution in [0.1, 0.15) is 39.5 Å². The fraction of sp³-hybridized carbons (Fsp3) is 0.700. The van der Waals surface area contributed by atoms with E-state index in [9.17, 15) is 4.79 Å². The van der Waals surface area contributed by atoms with Crippen molar-refractivity contribution in [2.45, 2.75) is 39.5 Å². The van der Waals surface area contributed by atoms with Gasteiger partial charge in [0.2, 0.25) is 0 Å². The van der Waals surface area contributed by atoms with Gasteiger partial charge in [0.25, 0.3) is 0 Å². The van der Waals surface area contributed by atoms with Crippen molar-refractivity contribution in [1.29, 1.82) is 0 Å². The molecule has 11 heavy (non-hydrogen) atoms. The zero-order chi connectivity index (χ0) is 8.69. The highest BCUT2D eigenvalue weighted by molar-refractivity contribution is 5.49. The topological polar surface area (TPSA) is 17.1 Å². The fourth-order valence-corrected chi connectivity index (χ4v) is 1.03. The van der Waals surface area contributed by atoms with E-state index in [1.165, 1.54) is 12.0 Å². The van der Waals surface area contributed by atoms with E-state index in [1.54, 1.807) is 0 Å². The van der Waals surface area contributed by atoms with Gasteiger partial charge in [0.1, 0.15) is 6.29 Å². The van der Waals surface area contributed by atoms with Crippen LogP contribution in [-0.4, -0.2) is 6.29 Å². The van der Waals surface area contributed by atoms with Gasteiger partial charge >= 0.3 is 0 Å². The van der Waals surface area contributed by atoms with Crippen molar-refractivity contribution >= 4 is 6.29 Å². The normalized spacial score (nSPS) is 12.5. The highest BCUT2D eigenvalue weighted by Crippen LogP contribution is 2.12. The van der Waals surface area contributed by atoms with E-state index in [-0.39, 0.29) is 0 Å². The number of aldehydes is 1. The van der Waals surface area contributed by atoms with Crippen LogP contribution in [-0.2, 0) is 4.79 Å². The summed E-state index contributed by atoms with van der Waals surface area (Å²) < 4.78 is 0. The molecule has 0 aromatic carbocycles. The molecule has 0 rings (SSSR count). The van der Waals surface area contributed by atoms with E-state index < -0.39 is 0 Å². The first-order valence-electron chi connectivity index (χ1n) is 4.24. The molecule has 0 saturated heterocycles. The fourth-order valence-electron chi connectivity index (χ4n) is 1.03. The molecule has 0 radical (unpaired) electrons. The number of hydrogen-bond acceptors (Lipinski definition) is 1. The predicted octanol–water partition coefficient (Wildman–Crippen LogP) is 2.96. The van der Waals surface area contributed by atoms with Crippen molar-refractivity contribution in [3.8, 4) is 0 Å². The van der Waals surface area contributed by atoms with E-state index in [4.69, 9.17) is 0 Å². The van der Waals surface area contributed by atoms with Crippen molar-refractivity contribution in [1.82, 2.24) is 0 Å². The second kappa shape index (κ2) is 6.14. The Hall–Kier alpha value is -0.590. The number of allylic oxidation sites excluding steroid dienone is 1. The molecule has 0 aliphatic heterocycles. The zero-order valence-electron chi connectivity index (χ0n) is 7.60. The lowest BCUT2D eigenvalue weighted by Crippen LogP contribution is -1.95. The molecule has 0 aliphatic carbocycles. The Morgan fingerprint density at radius 1 is 1.64 bits per heavy atom. The van der Waals surface area contributed by atoms with Gasteiger partial charge in [-0.1, -0.05) is 12.5 Å². The van der Waals surface area contributed by atoms with Gasteiger partial charge in [-0.25, -0.2) is 0 Å². The Morgan fingerprint density at radius 2 is 2.27 bits per heavy atom. The minimum Gasteiger partial charge on any atom is -0.303 e. The summed E-state index contributed by atoms with van der Waals surface area (Å²) in [6.07, 6.45) is 5.13. The molecule has 0 aromatic rings. The molecular formula is C10H18O. The van der Waals surface area contributed by atoms with Gasteiger partial charge in [-0.3, -0.25) is 0 Å². The molecule has 1 heteroatoms. The van der Waals surface area contributed by atoms with Crippen LogP contribution >= 0.6 is 0 Å². The molecule has 0 bridgehead atoms. The summed E-state index contributed by atoms with van der Waals surface area (Å²) in [7, 11) is 0. The van der Waals surface area contributed by atoms with Crippen LogP contribution in [0.5, 0.6) is 0 Å². The highest BCUT2D eigenvalue weighted by atomic mass is 16.1. The zero-order valence-corrected chi connectivity index (χ0v) is 7.60. The second-order valence-corrected chi connectivity index (χ2v) is 3.36. The Balaban J connectivity index is 3.23. The lowest BCUT2D eigenvalue weighted by Gasteiger charge is -2.05. The van der Waals surface area contributed by atoms with Crippen molar-refractivity contribution < 1.29 is 4.79 Å². The van der Waals surface area contributed by atoms with Crippen LogP contribution in [0.25, 0.3) is 0 Å². The van der Waals surface area contributed by atoms with Gasteiger partial charge in [-0.15, -0.1) is 6.58 Å². The van der Waals surface area contributed by atoms with Crippen molar-refractivity contribution in [2.75, 3.05) is 0 Å². The van der Waals surface area contributed by atoms with E-state index in [2.05, 4.69) is 13.5 Å². The first kappa shape index (κ1) is 10.4. The Labute approximate surface area is 69.5 Å². The average Bonchev–Trinajstić information content (AvgIpc) is 1.87. The van der Waals surface area contributed by atoms with Crippen LogP contribution in [0.15, 0.2) is 12.2 Å². The second-order valence-electron chi connectivity index (χ2n) is 3.36. The van der Waals surface area contributed by atoms with Crippen LogP contribution in [0.4, 0.5) is 0 Å². The van der Waals surface area contributed by atoms with E-state index in [0.29, 0.717) is 12.3 Å². The summed E-state index contributed by atoms with van der Waals surface area (Å²) in [6.45, 7) is 7.99. The molecule has 0 N–H and O–H groups in total. The summed E-state index contributed by atoms with van der Waals surface area (Å²) in [6, 6.07) is 0. The van der Waals surface area contributed by atoms with Crippen molar-refractivity contribution in [2.24, 2.45) is 5.92 Å². The molecule has 0 fully saturated rings. The highest BCUT2D eigenvalue weighted by Gasteiger charge is 1.99. The molecule has 0 spiro atoms. The quantitative estimate of drug-likeness (QED) is 0.424. The first-order valence-corrected chi connectivity index (χ1v) is 4.24. The molecule has 0 aromatic heterocycles. The summed E-state index contributed by atoms with van der Waals surface area (Å²) in [5.74, 6) is 0.548. The molecular weight excluding hydrogens is 136 g/mol. The van der Waals surface area contributed by atoms with E-state index in [0.717, 1.165) is 19.1 Å². The number of hydrogen-bond donors (Lipinski definition) is 0. The number of rotatable bonds is 6. The maximum absolute atomic E-state index is 10.1. The molecule has 64 valence electrons. The molecule has 0 heterocycles. The predicted molar refractivity (Wildman–Crippen MR) is 48.5 cm³/mol. The smallest absolute Gasteiger partial charge is 0.120 e. The van der Waals surface area contributed by atoms with Gasteiger partial charge in [-0.2, -0.15) is 0 Å². The Kier molecular flexibility index (Phi) is 5.81. The average molecular weight is 154 g/mol. The van der Waals surface area contributed by atoms with E-state index >= 15 is 0 Å². The minimum atomic E-state index is 0.548. The monoisotopic (exact) mass is 154 g/mol. The van der Waals surface area contributed by atoms with Crippen LogP contribution < -0.4 is 0 Å². The Bertz CT molecular complexity index is 127. The molecule has 0 amide bonds. The van der Waals surface area contributed by atoms with Crippen LogP contribution in [0, 0.1) is 5.92 Å². The third-order valence-corrected chi connectivity index (χ3v) is 1.80. The number of carbonyl (C=O) groups excluding carboxylic acids is 1. The van der Waals surface area contributed by atoms with Gasteiger partial charge in [0.05, 0.1) is 0 Å². The Morgan fingerprint density at radius 3 is 2.73 bits per heavy atom. The summed E-state index contributed by atoms with van der Waals surface area (Å²) in [5.41, 5.74) is 1.24. The molecule has 0 aliphatic rings. The third-order valence-electron chi connectivity index (χ3n) is 1.80. The summed E-state index contributed by atoms with van der Waals surface area (Å²) in [4.78, 5) is 10.1. The number of carbonyl (C=O) groups is 1. The maximum atomic E-state index is 10.1. The van der Waals surface area contributed by atoms with Gasteiger partial charge < -0.3 is 4.79 Å². The lowest BCUT2D eigenvalue weighted by molar-refractivity contribution is -0.108. The third kappa shape index (κ3) is 7.31. The minimum absolute atomic E-state index is 0.548. The standard InChI is InChI=1S/C10H18O/c1-9(2)5-4-6-10(3)7-8-11/h8,10H,1,4-7H2,2-3H3/t10-/m0/s1. The summed E-state index contributed by atoms with van der Waals surface area (Å²) in [5, 5.41) is 0. The van der Waals surface area contributed by atoms with Crippen LogP contribution in [0.2, 0.25) is 0 Å². The molecule has 1 nitrogen and oxygen atoms in total.